The van der Waals surface area contributed by atoms with Gasteiger partial charge in [0, 0.05) is 22.9 Å². The van der Waals surface area contributed by atoms with Crippen LogP contribution in [0.15, 0.2) is 242 Å². The number of rotatable bonds is 21. The number of methoxy groups -OCH3 is 4. The first-order chi connectivity index (χ1) is 47.2. The summed E-state index contributed by atoms with van der Waals surface area (Å²) in [6.45, 7) is 32.3. The molecule has 0 saturated carbocycles. The Bertz CT molecular complexity index is 4110. The fraction of sp³-hybridized carbons (Fsp3) is 0.322. The number of phenols is 1. The van der Waals surface area contributed by atoms with Crippen molar-refractivity contribution < 1.29 is 38.3 Å². The number of para-hydroxylation sites is 8. The number of ether oxygens (including phenoxy) is 7. The molecule has 0 radical (unpaired) electrons. The first-order valence-corrected chi connectivity index (χ1v) is 34.4. The quantitative estimate of drug-likeness (QED) is 0.0711. The summed E-state index contributed by atoms with van der Waals surface area (Å²) < 4.78 is 40.7. The van der Waals surface area contributed by atoms with E-state index >= 15 is 0 Å². The predicted molar refractivity (Wildman–Crippen MR) is 412 cm³/mol. The van der Waals surface area contributed by atoms with E-state index in [0.717, 1.165) is 103 Å². The van der Waals surface area contributed by atoms with Crippen LogP contribution in [0.25, 0.3) is 0 Å². The first kappa shape index (κ1) is 76.6. The van der Waals surface area contributed by atoms with Crippen molar-refractivity contribution in [2.45, 2.75) is 163 Å². The Balaban J connectivity index is 0.000000188. The van der Waals surface area contributed by atoms with Gasteiger partial charge in [-0.05, 0) is 133 Å². The lowest BCUT2D eigenvalue weighted by atomic mass is 9.82. The minimum absolute atomic E-state index is 0.00614. The maximum Gasteiger partial charge on any atom is 0.165 e. The minimum atomic E-state index is -0.0652. The number of aliphatic imine (C=N–C) groups is 1. The Labute approximate surface area is 592 Å². The molecular weight excluding hydrogens is 1220 g/mol. The van der Waals surface area contributed by atoms with Crippen molar-refractivity contribution in [1.29, 1.82) is 0 Å². The highest BCUT2D eigenvalue weighted by atomic mass is 16.5. The minimum Gasteiger partial charge on any atom is -0.507 e. The van der Waals surface area contributed by atoms with Gasteiger partial charge in [0.15, 0.2) is 11.5 Å². The van der Waals surface area contributed by atoms with E-state index < -0.39 is 0 Å². The van der Waals surface area contributed by atoms with Crippen molar-refractivity contribution >= 4 is 11.9 Å². The average molecular weight is 1330 g/mol. The molecule has 0 saturated heterocycles. The van der Waals surface area contributed by atoms with E-state index in [2.05, 4.69) is 205 Å². The molecule has 10 aromatic rings. The molecule has 0 spiro atoms. The van der Waals surface area contributed by atoms with Crippen LogP contribution in [-0.2, 0) is 54.3 Å². The molecule has 0 amide bonds. The standard InChI is InChI=1S/C27H32O2.C25H27NO2.C20H26O2.C18H22O2/c1-20(18-22-14-9-10-17-25(22)28-5)23-15-11-16-24(27(2,3)4)26(23)29-19-21-12-7-6-8-13-21;1-25(2,3)21-14-10-13-20(17-26-22-15-8-9-16-23(22)27-4)24(21)28-18-19-11-6-5-7-12-19;1-14(13-15-9-6-7-12-18(15)22-5)16-10-8-11-17(19(16)21)20(2,3)4;1-18(2,3)15-11-8-12-16(19-4)17(15)20-13-14-9-6-5-7-10-14/h6-17,20H,18-19H2,1-5H3;5-17H,18H2,1-4H3;6-12,14,21H,13H2,1-5H3;5-12H,13H2,1-4H3. The van der Waals surface area contributed by atoms with Crippen molar-refractivity contribution in [3.05, 3.63) is 303 Å². The van der Waals surface area contributed by atoms with E-state index in [4.69, 9.17) is 33.2 Å². The molecule has 0 aliphatic rings. The molecule has 0 aliphatic heterocycles. The van der Waals surface area contributed by atoms with Gasteiger partial charge < -0.3 is 38.3 Å². The van der Waals surface area contributed by atoms with Crippen molar-refractivity contribution in [3.8, 4) is 46.0 Å². The van der Waals surface area contributed by atoms with Gasteiger partial charge in [-0.2, -0.15) is 0 Å². The molecule has 9 heteroatoms. The molecule has 0 heterocycles. The van der Waals surface area contributed by atoms with Crippen LogP contribution in [0, 0.1) is 0 Å². The Morgan fingerprint density at radius 3 is 1.12 bits per heavy atom. The largest absolute Gasteiger partial charge is 0.507 e. The number of nitrogens with zero attached hydrogens (tertiary/aromatic N) is 1. The van der Waals surface area contributed by atoms with Gasteiger partial charge in [0.05, 0.1) is 28.4 Å². The Morgan fingerprint density at radius 1 is 0.333 bits per heavy atom. The van der Waals surface area contributed by atoms with Crippen LogP contribution in [0.4, 0.5) is 5.69 Å². The van der Waals surface area contributed by atoms with Crippen LogP contribution in [0.5, 0.6) is 46.0 Å². The van der Waals surface area contributed by atoms with Gasteiger partial charge in [0.1, 0.15) is 60.0 Å². The lowest BCUT2D eigenvalue weighted by Crippen LogP contribution is -2.16. The van der Waals surface area contributed by atoms with Crippen LogP contribution in [-0.4, -0.2) is 39.8 Å². The Kier molecular flexibility index (Phi) is 28.0. The van der Waals surface area contributed by atoms with Gasteiger partial charge in [0.25, 0.3) is 0 Å². The van der Waals surface area contributed by atoms with E-state index in [9.17, 15) is 5.11 Å². The third-order valence-corrected chi connectivity index (χ3v) is 17.2. The molecule has 2 atom stereocenters. The second kappa shape index (κ2) is 36.2. The van der Waals surface area contributed by atoms with Crippen molar-refractivity contribution in [2.24, 2.45) is 4.99 Å². The highest BCUT2D eigenvalue weighted by Crippen LogP contribution is 2.43. The fourth-order valence-corrected chi connectivity index (χ4v) is 11.8. The lowest BCUT2D eigenvalue weighted by molar-refractivity contribution is 0.276. The molecule has 10 aromatic carbocycles. The van der Waals surface area contributed by atoms with Gasteiger partial charge in [-0.1, -0.05) is 297 Å². The SMILES string of the molecule is COc1cccc(C(C)(C)C)c1OCc1ccccc1.COc1ccccc1CC(C)c1cccc(C(C)(C)C)c1O.COc1ccccc1CC(C)c1cccc(C(C)(C)C)c1OCc1ccccc1.COc1ccccc1N=Cc1cccc(C(C)(C)C)c1OCc1ccccc1. The second-order valence-electron chi connectivity index (χ2n) is 29.1. The van der Waals surface area contributed by atoms with E-state index in [0.29, 0.717) is 31.5 Å². The molecule has 99 heavy (non-hydrogen) atoms. The molecule has 10 rings (SSSR count). The zero-order valence-electron chi connectivity index (χ0n) is 62.0. The zero-order chi connectivity index (χ0) is 71.8. The summed E-state index contributed by atoms with van der Waals surface area (Å²) in [6.07, 6.45) is 3.60. The van der Waals surface area contributed by atoms with Crippen LogP contribution in [0.3, 0.4) is 0 Å². The van der Waals surface area contributed by atoms with Gasteiger partial charge in [-0.15, -0.1) is 0 Å². The number of aromatic hydroxyl groups is 1. The molecule has 9 nitrogen and oxygen atoms in total. The number of hydrogen-bond donors (Lipinski definition) is 1. The van der Waals surface area contributed by atoms with Crippen LogP contribution in [0.1, 0.15) is 176 Å². The molecule has 2 unspecified atom stereocenters. The van der Waals surface area contributed by atoms with Crippen molar-refractivity contribution in [3.63, 3.8) is 0 Å². The lowest BCUT2D eigenvalue weighted by Gasteiger charge is -2.27. The molecule has 1 N–H and O–H groups in total. The summed E-state index contributed by atoms with van der Waals surface area (Å²) in [5.41, 5.74) is 14.3. The normalized spacial score (nSPS) is 12.1. The molecule has 0 aromatic heterocycles. The monoisotopic (exact) mass is 1330 g/mol. The van der Waals surface area contributed by atoms with E-state index in [-0.39, 0.29) is 27.6 Å². The number of phenolic OH excluding ortho intramolecular Hbond substituents is 1. The topological polar surface area (TPSA) is 97.2 Å². The van der Waals surface area contributed by atoms with Gasteiger partial charge >= 0.3 is 0 Å². The van der Waals surface area contributed by atoms with Gasteiger partial charge in [0.2, 0.25) is 0 Å². The molecule has 0 aliphatic carbocycles. The molecule has 520 valence electrons. The summed E-state index contributed by atoms with van der Waals surface area (Å²) in [6, 6.07) is 79.7. The summed E-state index contributed by atoms with van der Waals surface area (Å²) >= 11 is 0. The predicted octanol–water partition coefficient (Wildman–Crippen LogP) is 22.9. The maximum absolute atomic E-state index is 10.7. The van der Waals surface area contributed by atoms with E-state index in [1.54, 1.807) is 28.4 Å². The van der Waals surface area contributed by atoms with Crippen LogP contribution < -0.4 is 33.2 Å². The average Bonchev–Trinajstić information content (AvgIpc) is 0.820. The number of hydrogen-bond acceptors (Lipinski definition) is 9. The van der Waals surface area contributed by atoms with E-state index in [1.807, 2.05) is 140 Å². The second-order valence-corrected chi connectivity index (χ2v) is 29.1. The maximum atomic E-state index is 10.7. The van der Waals surface area contributed by atoms with Crippen molar-refractivity contribution in [1.82, 2.24) is 0 Å². The Morgan fingerprint density at radius 2 is 0.667 bits per heavy atom. The molecule has 0 fully saturated rings. The smallest absolute Gasteiger partial charge is 0.165 e. The summed E-state index contributed by atoms with van der Waals surface area (Å²) in [7, 11) is 6.76. The van der Waals surface area contributed by atoms with Crippen LogP contribution >= 0.6 is 0 Å². The highest BCUT2D eigenvalue weighted by molar-refractivity contribution is 5.87. The number of benzene rings is 10. The molecule has 0 bridgehead atoms. The zero-order valence-corrected chi connectivity index (χ0v) is 62.0. The van der Waals surface area contributed by atoms with Gasteiger partial charge in [-0.3, -0.25) is 4.99 Å². The van der Waals surface area contributed by atoms with Crippen LogP contribution in [0.2, 0.25) is 0 Å². The van der Waals surface area contributed by atoms with Crippen molar-refractivity contribution in [2.75, 3.05) is 28.4 Å². The summed E-state index contributed by atoms with van der Waals surface area (Å²) in [5, 5.41) is 10.7. The fourth-order valence-electron chi connectivity index (χ4n) is 11.8. The first-order valence-electron chi connectivity index (χ1n) is 34.4. The van der Waals surface area contributed by atoms with E-state index in [1.165, 1.54) is 22.3 Å². The third-order valence-electron chi connectivity index (χ3n) is 17.2. The summed E-state index contributed by atoms with van der Waals surface area (Å²) in [4.78, 5) is 4.66. The summed E-state index contributed by atoms with van der Waals surface area (Å²) in [5.74, 6) is 7.07. The highest BCUT2D eigenvalue weighted by Gasteiger charge is 2.27. The third kappa shape index (κ3) is 22.4. The van der Waals surface area contributed by atoms with Gasteiger partial charge in [-0.25, -0.2) is 0 Å². The molecular formula is C90H107NO8. The Hall–Kier alpha value is -9.73.